The summed E-state index contributed by atoms with van der Waals surface area (Å²) in [6, 6.07) is 8.38. The second kappa shape index (κ2) is 4.02. The van der Waals surface area contributed by atoms with Gasteiger partial charge in [-0.3, -0.25) is 4.79 Å². The average molecular weight is 216 g/mol. The van der Waals surface area contributed by atoms with Crippen LogP contribution in [0.25, 0.3) is 0 Å². The fourth-order valence-electron chi connectivity index (χ4n) is 2.82. The summed E-state index contributed by atoms with van der Waals surface area (Å²) < 4.78 is 5.48. The first-order valence-electron chi connectivity index (χ1n) is 6.07. The second-order valence-electron chi connectivity index (χ2n) is 4.78. The van der Waals surface area contributed by atoms with Crippen molar-refractivity contribution in [3.05, 3.63) is 35.4 Å². The number of ketones is 1. The van der Waals surface area contributed by atoms with Crippen molar-refractivity contribution >= 4 is 5.78 Å². The van der Waals surface area contributed by atoms with Gasteiger partial charge in [-0.25, -0.2) is 0 Å². The van der Waals surface area contributed by atoms with Gasteiger partial charge >= 0.3 is 0 Å². The number of rotatable bonds is 2. The quantitative estimate of drug-likeness (QED) is 0.757. The summed E-state index contributed by atoms with van der Waals surface area (Å²) in [5, 5.41) is 0. The monoisotopic (exact) mass is 216 g/mol. The Kier molecular flexibility index (Phi) is 2.52. The van der Waals surface area contributed by atoms with Crippen LogP contribution >= 0.6 is 0 Å². The molecule has 0 N–H and O–H groups in total. The molecule has 1 aromatic carbocycles. The van der Waals surface area contributed by atoms with Crippen LogP contribution in [-0.4, -0.2) is 18.5 Å². The van der Waals surface area contributed by atoms with E-state index in [2.05, 4.69) is 24.3 Å². The summed E-state index contributed by atoms with van der Waals surface area (Å²) in [5.74, 6) is 0.495. The lowest BCUT2D eigenvalue weighted by Gasteiger charge is -2.13. The lowest BCUT2D eigenvalue weighted by Crippen LogP contribution is -2.27. The molecule has 0 radical (unpaired) electrons. The molecule has 84 valence electrons. The molecule has 1 fully saturated rings. The molecular weight excluding hydrogens is 200 g/mol. The number of fused-ring (bicyclic) bond motifs is 1. The van der Waals surface area contributed by atoms with E-state index in [0.29, 0.717) is 5.78 Å². The van der Waals surface area contributed by atoms with E-state index in [0.717, 1.165) is 32.3 Å². The van der Waals surface area contributed by atoms with Crippen LogP contribution < -0.4 is 0 Å². The van der Waals surface area contributed by atoms with Crippen molar-refractivity contribution in [2.45, 2.75) is 31.8 Å². The Morgan fingerprint density at radius 2 is 1.88 bits per heavy atom. The zero-order chi connectivity index (χ0) is 11.0. The number of ether oxygens (including phenoxy) is 1. The molecule has 1 aromatic rings. The first-order chi connectivity index (χ1) is 7.84. The Labute approximate surface area is 95.6 Å². The van der Waals surface area contributed by atoms with Gasteiger partial charge in [0.05, 0.1) is 0 Å². The van der Waals surface area contributed by atoms with Crippen LogP contribution in [0.2, 0.25) is 0 Å². The molecule has 0 aromatic heterocycles. The molecule has 1 heterocycles. The molecule has 2 aliphatic rings. The normalized spacial score (nSPS) is 24.6. The molecule has 1 unspecified atom stereocenters. The van der Waals surface area contributed by atoms with E-state index < -0.39 is 0 Å². The zero-order valence-electron chi connectivity index (χ0n) is 9.32. The highest BCUT2D eigenvalue weighted by Gasteiger charge is 2.33. The van der Waals surface area contributed by atoms with Crippen molar-refractivity contribution in [2.24, 2.45) is 5.92 Å². The molecule has 2 heteroatoms. The van der Waals surface area contributed by atoms with E-state index in [9.17, 15) is 4.79 Å². The lowest BCUT2D eigenvalue weighted by molar-refractivity contribution is -0.131. The van der Waals surface area contributed by atoms with Crippen molar-refractivity contribution in [3.8, 4) is 0 Å². The second-order valence-corrected chi connectivity index (χ2v) is 4.78. The number of carbonyl (C=O) groups is 1. The number of hydrogen-bond acceptors (Lipinski definition) is 2. The maximum absolute atomic E-state index is 12.2. The van der Waals surface area contributed by atoms with Crippen LogP contribution in [0.1, 0.15) is 24.0 Å². The van der Waals surface area contributed by atoms with Gasteiger partial charge in [-0.1, -0.05) is 24.3 Å². The summed E-state index contributed by atoms with van der Waals surface area (Å²) in [5.41, 5.74) is 2.69. The van der Waals surface area contributed by atoms with Gasteiger partial charge in [-0.15, -0.1) is 0 Å². The average Bonchev–Trinajstić information content (AvgIpc) is 2.97. The largest absolute Gasteiger partial charge is 0.370 e. The number of carbonyl (C=O) groups excluding carboxylic acids is 1. The van der Waals surface area contributed by atoms with Gasteiger partial charge in [0.15, 0.2) is 5.78 Å². The van der Waals surface area contributed by atoms with Crippen molar-refractivity contribution in [1.82, 2.24) is 0 Å². The van der Waals surface area contributed by atoms with Crippen molar-refractivity contribution < 1.29 is 9.53 Å². The molecule has 0 amide bonds. The maximum atomic E-state index is 12.2. The Morgan fingerprint density at radius 1 is 1.19 bits per heavy atom. The molecule has 0 bridgehead atoms. The van der Waals surface area contributed by atoms with Crippen LogP contribution in [0.4, 0.5) is 0 Å². The van der Waals surface area contributed by atoms with Gasteiger partial charge in [0.2, 0.25) is 0 Å². The Bertz CT molecular complexity index is 380. The molecule has 16 heavy (non-hydrogen) atoms. The van der Waals surface area contributed by atoms with E-state index in [4.69, 9.17) is 4.74 Å². The van der Waals surface area contributed by atoms with Crippen LogP contribution in [-0.2, 0) is 22.4 Å². The van der Waals surface area contributed by atoms with Gasteiger partial charge in [0.25, 0.3) is 0 Å². The first kappa shape index (κ1) is 10.0. The number of benzene rings is 1. The summed E-state index contributed by atoms with van der Waals surface area (Å²) >= 11 is 0. The molecule has 1 saturated heterocycles. The molecule has 0 spiro atoms. The predicted molar refractivity (Wildman–Crippen MR) is 61.3 cm³/mol. The van der Waals surface area contributed by atoms with E-state index >= 15 is 0 Å². The lowest BCUT2D eigenvalue weighted by atomic mass is 9.95. The van der Waals surface area contributed by atoms with E-state index in [-0.39, 0.29) is 12.0 Å². The number of Topliss-reactive ketones (excluding diaryl/α,β-unsaturated/α-hetero) is 1. The highest BCUT2D eigenvalue weighted by atomic mass is 16.5. The molecular formula is C14H16O2. The third-order valence-corrected chi connectivity index (χ3v) is 3.70. The third kappa shape index (κ3) is 1.67. The minimum Gasteiger partial charge on any atom is -0.370 e. The molecule has 1 aliphatic carbocycles. The van der Waals surface area contributed by atoms with Gasteiger partial charge in [-0.2, -0.15) is 0 Å². The van der Waals surface area contributed by atoms with Crippen LogP contribution in [0.3, 0.4) is 0 Å². The van der Waals surface area contributed by atoms with Crippen molar-refractivity contribution in [2.75, 3.05) is 6.61 Å². The van der Waals surface area contributed by atoms with Crippen LogP contribution in [0.5, 0.6) is 0 Å². The van der Waals surface area contributed by atoms with E-state index in [1.165, 1.54) is 11.1 Å². The summed E-state index contributed by atoms with van der Waals surface area (Å²) in [4.78, 5) is 12.2. The molecule has 1 aliphatic heterocycles. The highest BCUT2D eigenvalue weighted by molar-refractivity contribution is 5.86. The van der Waals surface area contributed by atoms with E-state index in [1.807, 2.05) is 0 Å². The van der Waals surface area contributed by atoms with Gasteiger partial charge in [0.1, 0.15) is 6.10 Å². The Morgan fingerprint density at radius 3 is 2.44 bits per heavy atom. The Balaban J connectivity index is 1.73. The van der Waals surface area contributed by atoms with Crippen molar-refractivity contribution in [3.63, 3.8) is 0 Å². The van der Waals surface area contributed by atoms with Gasteiger partial charge in [0, 0.05) is 12.5 Å². The summed E-state index contributed by atoms with van der Waals surface area (Å²) in [6.45, 7) is 0.760. The standard InChI is InChI=1S/C14H16O2/c15-14(13-6-3-7-16-13)12-8-10-4-1-2-5-11(10)9-12/h1-2,4-5,12-13H,3,6-9H2. The molecule has 3 rings (SSSR count). The Hall–Kier alpha value is -1.15. The summed E-state index contributed by atoms with van der Waals surface area (Å²) in [7, 11) is 0. The zero-order valence-corrected chi connectivity index (χ0v) is 9.32. The maximum Gasteiger partial charge on any atom is 0.165 e. The topological polar surface area (TPSA) is 26.3 Å². The molecule has 0 saturated carbocycles. The van der Waals surface area contributed by atoms with Crippen LogP contribution in [0, 0.1) is 5.92 Å². The van der Waals surface area contributed by atoms with Gasteiger partial charge in [-0.05, 0) is 36.8 Å². The highest BCUT2D eigenvalue weighted by Crippen LogP contribution is 2.29. The summed E-state index contributed by atoms with van der Waals surface area (Å²) in [6.07, 6.45) is 3.67. The SMILES string of the molecule is O=C(C1Cc2ccccc2C1)C1CCCO1. The fourth-order valence-corrected chi connectivity index (χ4v) is 2.82. The smallest absolute Gasteiger partial charge is 0.165 e. The van der Waals surface area contributed by atoms with Crippen LogP contribution in [0.15, 0.2) is 24.3 Å². The van der Waals surface area contributed by atoms with E-state index in [1.54, 1.807) is 0 Å². The third-order valence-electron chi connectivity index (χ3n) is 3.70. The minimum atomic E-state index is -0.112. The predicted octanol–water partition coefficient (Wildman–Crippen LogP) is 2.15. The molecule has 1 atom stereocenters. The number of hydrogen-bond donors (Lipinski definition) is 0. The minimum absolute atomic E-state index is 0.112. The van der Waals surface area contributed by atoms with Crippen molar-refractivity contribution in [1.29, 1.82) is 0 Å². The first-order valence-corrected chi connectivity index (χ1v) is 6.07. The van der Waals surface area contributed by atoms with Gasteiger partial charge < -0.3 is 4.74 Å². The fraction of sp³-hybridized carbons (Fsp3) is 0.500. The molecule has 2 nitrogen and oxygen atoms in total.